The van der Waals surface area contributed by atoms with E-state index in [9.17, 15) is 13.2 Å². The lowest BCUT2D eigenvalue weighted by atomic mass is 9.97. The molecule has 1 aromatic carbocycles. The number of aryl methyl sites for hydroxylation is 1. The van der Waals surface area contributed by atoms with E-state index in [1.54, 1.807) is 0 Å². The topological polar surface area (TPSA) is 35.2 Å². The molecule has 0 heterocycles. The predicted molar refractivity (Wildman–Crippen MR) is 78.4 cm³/mol. The van der Waals surface area contributed by atoms with E-state index < -0.39 is 11.7 Å². The third-order valence-electron chi connectivity index (χ3n) is 3.53. The summed E-state index contributed by atoms with van der Waals surface area (Å²) in [4.78, 5) is 0. The molecule has 2 nitrogen and oxygen atoms in total. The summed E-state index contributed by atoms with van der Waals surface area (Å²) in [5.74, 6) is 0.904. The molecule has 120 valence electrons. The van der Waals surface area contributed by atoms with Crippen molar-refractivity contribution in [3.63, 3.8) is 0 Å². The number of hydrogen-bond acceptors (Lipinski definition) is 2. The van der Waals surface area contributed by atoms with Crippen LogP contribution in [0, 0.1) is 5.92 Å². The van der Waals surface area contributed by atoms with Crippen molar-refractivity contribution in [1.29, 1.82) is 0 Å². The van der Waals surface area contributed by atoms with E-state index in [1.165, 1.54) is 12.1 Å². The summed E-state index contributed by atoms with van der Waals surface area (Å²) < 4.78 is 43.8. The van der Waals surface area contributed by atoms with E-state index >= 15 is 0 Å². The second kappa shape index (κ2) is 7.69. The summed E-state index contributed by atoms with van der Waals surface area (Å²) in [5, 5.41) is 0. The van der Waals surface area contributed by atoms with Gasteiger partial charge in [-0.3, -0.25) is 0 Å². The van der Waals surface area contributed by atoms with Crippen molar-refractivity contribution in [3.05, 3.63) is 29.3 Å². The van der Waals surface area contributed by atoms with Gasteiger partial charge in [0.25, 0.3) is 0 Å². The minimum absolute atomic E-state index is 0.0753. The molecule has 1 unspecified atom stereocenters. The average molecular weight is 303 g/mol. The Balaban J connectivity index is 2.81. The van der Waals surface area contributed by atoms with Gasteiger partial charge in [-0.15, -0.1) is 0 Å². The molecule has 0 spiro atoms. The zero-order valence-electron chi connectivity index (χ0n) is 12.8. The van der Waals surface area contributed by atoms with Gasteiger partial charge < -0.3 is 10.5 Å². The number of halogens is 3. The van der Waals surface area contributed by atoms with Gasteiger partial charge in [-0.2, -0.15) is 13.2 Å². The standard InChI is InChI=1S/C16H24F3NO/c1-4-21-15-9-8-13(16(17,18)19)10-12(15)6-5-7-14(20)11(2)3/h8-11,14H,4-7,20H2,1-3H3. The molecule has 0 aliphatic heterocycles. The van der Waals surface area contributed by atoms with Gasteiger partial charge in [-0.05, 0) is 55.9 Å². The maximum atomic E-state index is 12.8. The van der Waals surface area contributed by atoms with E-state index in [0.29, 0.717) is 30.3 Å². The molecular weight excluding hydrogens is 279 g/mol. The Morgan fingerprint density at radius 3 is 2.43 bits per heavy atom. The minimum Gasteiger partial charge on any atom is -0.494 e. The molecule has 1 rings (SSSR count). The highest BCUT2D eigenvalue weighted by Gasteiger charge is 2.31. The quantitative estimate of drug-likeness (QED) is 0.809. The average Bonchev–Trinajstić information content (AvgIpc) is 2.39. The maximum absolute atomic E-state index is 12.8. The first-order chi connectivity index (χ1) is 9.75. The van der Waals surface area contributed by atoms with E-state index in [4.69, 9.17) is 10.5 Å². The molecule has 0 saturated carbocycles. The van der Waals surface area contributed by atoms with Crippen LogP contribution in [0.5, 0.6) is 5.75 Å². The molecule has 0 radical (unpaired) electrons. The number of ether oxygens (including phenoxy) is 1. The van der Waals surface area contributed by atoms with Crippen molar-refractivity contribution in [1.82, 2.24) is 0 Å². The number of rotatable bonds is 7. The van der Waals surface area contributed by atoms with Gasteiger partial charge in [0.2, 0.25) is 0 Å². The maximum Gasteiger partial charge on any atom is 0.416 e. The van der Waals surface area contributed by atoms with Crippen LogP contribution in [0.3, 0.4) is 0 Å². The summed E-state index contributed by atoms with van der Waals surface area (Å²) in [5.41, 5.74) is 5.93. The highest BCUT2D eigenvalue weighted by molar-refractivity contribution is 5.38. The summed E-state index contributed by atoms with van der Waals surface area (Å²) >= 11 is 0. The van der Waals surface area contributed by atoms with Gasteiger partial charge in [-0.1, -0.05) is 13.8 Å². The van der Waals surface area contributed by atoms with Gasteiger partial charge in [0.1, 0.15) is 5.75 Å². The van der Waals surface area contributed by atoms with E-state index in [1.807, 2.05) is 20.8 Å². The Morgan fingerprint density at radius 1 is 1.24 bits per heavy atom. The Labute approximate surface area is 124 Å². The molecule has 0 bridgehead atoms. The van der Waals surface area contributed by atoms with Crippen LogP contribution in [0.15, 0.2) is 18.2 Å². The number of alkyl halides is 3. The highest BCUT2D eigenvalue weighted by atomic mass is 19.4. The van der Waals surface area contributed by atoms with Crippen LogP contribution in [0.2, 0.25) is 0 Å². The first-order valence-corrected chi connectivity index (χ1v) is 7.34. The van der Waals surface area contributed by atoms with Crippen molar-refractivity contribution in [2.45, 2.75) is 52.3 Å². The molecule has 21 heavy (non-hydrogen) atoms. The first-order valence-electron chi connectivity index (χ1n) is 7.34. The normalized spacial score (nSPS) is 13.5. The van der Waals surface area contributed by atoms with Crippen LogP contribution in [-0.2, 0) is 12.6 Å². The summed E-state index contributed by atoms with van der Waals surface area (Å²) in [6.07, 6.45) is -2.24. The Kier molecular flexibility index (Phi) is 6.52. The molecular formula is C16H24F3NO. The van der Waals surface area contributed by atoms with Gasteiger partial charge in [-0.25, -0.2) is 0 Å². The van der Waals surface area contributed by atoms with Gasteiger partial charge in [0, 0.05) is 6.04 Å². The van der Waals surface area contributed by atoms with Crippen LogP contribution in [-0.4, -0.2) is 12.6 Å². The summed E-state index contributed by atoms with van der Waals surface area (Å²) in [6, 6.07) is 3.73. The summed E-state index contributed by atoms with van der Waals surface area (Å²) in [6.45, 7) is 6.33. The molecule has 2 N–H and O–H groups in total. The third kappa shape index (κ3) is 5.58. The van der Waals surface area contributed by atoms with Crippen LogP contribution >= 0.6 is 0 Å². The fourth-order valence-corrected chi connectivity index (χ4v) is 2.11. The molecule has 5 heteroatoms. The molecule has 0 aromatic heterocycles. The fourth-order valence-electron chi connectivity index (χ4n) is 2.11. The third-order valence-corrected chi connectivity index (χ3v) is 3.53. The molecule has 1 atom stereocenters. The lowest BCUT2D eigenvalue weighted by molar-refractivity contribution is -0.137. The Morgan fingerprint density at radius 2 is 1.90 bits per heavy atom. The van der Waals surface area contributed by atoms with Crippen molar-refractivity contribution in [2.24, 2.45) is 11.7 Å². The lowest BCUT2D eigenvalue weighted by Gasteiger charge is -2.17. The number of benzene rings is 1. The second-order valence-corrected chi connectivity index (χ2v) is 5.55. The molecule has 0 fully saturated rings. The summed E-state index contributed by atoms with van der Waals surface area (Å²) in [7, 11) is 0. The molecule has 0 saturated heterocycles. The highest BCUT2D eigenvalue weighted by Crippen LogP contribution is 2.33. The van der Waals surface area contributed by atoms with Crippen molar-refractivity contribution in [3.8, 4) is 5.75 Å². The van der Waals surface area contributed by atoms with E-state index in [-0.39, 0.29) is 6.04 Å². The first kappa shape index (κ1) is 17.8. The second-order valence-electron chi connectivity index (χ2n) is 5.55. The predicted octanol–water partition coefficient (Wildman–Crippen LogP) is 4.41. The molecule has 1 aromatic rings. The van der Waals surface area contributed by atoms with Crippen LogP contribution in [0.1, 0.15) is 44.7 Å². The molecule has 0 aliphatic rings. The Hall–Kier alpha value is -1.23. The van der Waals surface area contributed by atoms with Crippen LogP contribution in [0.25, 0.3) is 0 Å². The van der Waals surface area contributed by atoms with Crippen molar-refractivity contribution < 1.29 is 17.9 Å². The van der Waals surface area contributed by atoms with Crippen LogP contribution in [0.4, 0.5) is 13.2 Å². The zero-order chi connectivity index (χ0) is 16.0. The largest absolute Gasteiger partial charge is 0.494 e. The minimum atomic E-state index is -4.33. The number of hydrogen-bond donors (Lipinski definition) is 1. The van der Waals surface area contributed by atoms with Gasteiger partial charge in [0.15, 0.2) is 0 Å². The van der Waals surface area contributed by atoms with Crippen molar-refractivity contribution >= 4 is 0 Å². The van der Waals surface area contributed by atoms with E-state index in [2.05, 4.69) is 0 Å². The van der Waals surface area contributed by atoms with Gasteiger partial charge in [0.05, 0.1) is 12.2 Å². The van der Waals surface area contributed by atoms with Crippen molar-refractivity contribution in [2.75, 3.05) is 6.61 Å². The van der Waals surface area contributed by atoms with Crippen LogP contribution < -0.4 is 10.5 Å². The number of nitrogens with two attached hydrogens (primary N) is 1. The Bertz CT molecular complexity index is 444. The van der Waals surface area contributed by atoms with Gasteiger partial charge >= 0.3 is 6.18 Å². The molecule has 0 aliphatic carbocycles. The lowest BCUT2D eigenvalue weighted by Crippen LogP contribution is -2.26. The molecule has 0 amide bonds. The zero-order valence-corrected chi connectivity index (χ0v) is 12.8. The van der Waals surface area contributed by atoms with E-state index in [0.717, 1.165) is 18.9 Å². The SMILES string of the molecule is CCOc1ccc(C(F)(F)F)cc1CCCC(N)C(C)C. The monoisotopic (exact) mass is 303 g/mol. The smallest absolute Gasteiger partial charge is 0.416 e. The fraction of sp³-hybridized carbons (Fsp3) is 0.625.